The van der Waals surface area contributed by atoms with Crippen LogP contribution in [0, 0.1) is 0 Å². The van der Waals surface area contributed by atoms with E-state index >= 15 is 0 Å². The van der Waals surface area contributed by atoms with Crippen molar-refractivity contribution in [2.45, 2.75) is 0 Å². The van der Waals surface area contributed by atoms with Crippen molar-refractivity contribution in [2.24, 2.45) is 0 Å². The zero-order chi connectivity index (χ0) is 10.6. The van der Waals surface area contributed by atoms with E-state index in [-0.39, 0.29) is 6.61 Å². The Hall–Kier alpha value is -0.990. The van der Waals surface area contributed by atoms with Crippen molar-refractivity contribution >= 4 is 29.5 Å². The second-order valence-corrected chi connectivity index (χ2v) is 3.56. The predicted molar refractivity (Wildman–Crippen MR) is 57.3 cm³/mol. The molecule has 0 fully saturated rings. The first kappa shape index (κ1) is 11.1. The first-order valence-electron chi connectivity index (χ1n) is 3.84. The molecule has 1 aromatic rings. The van der Waals surface area contributed by atoms with E-state index in [0.717, 1.165) is 6.29 Å². The molecule has 1 aromatic carbocycles. The molecular formula is C10H8Cl2O2. The molecule has 0 radical (unpaired) electrons. The lowest BCUT2D eigenvalue weighted by Gasteiger charge is -2.06. The van der Waals surface area contributed by atoms with Crippen LogP contribution in [0.2, 0.25) is 5.02 Å². The van der Waals surface area contributed by atoms with Crippen molar-refractivity contribution in [3.63, 3.8) is 0 Å². The van der Waals surface area contributed by atoms with Gasteiger partial charge >= 0.3 is 0 Å². The Balaban J connectivity index is 2.78. The summed E-state index contributed by atoms with van der Waals surface area (Å²) in [4.78, 5) is 10.4. The maximum Gasteiger partial charge on any atom is 0.150 e. The highest BCUT2D eigenvalue weighted by atomic mass is 35.5. The molecule has 0 unspecified atom stereocenters. The largest absolute Gasteiger partial charge is 0.486 e. The van der Waals surface area contributed by atoms with Crippen LogP contribution in [0.5, 0.6) is 5.75 Å². The van der Waals surface area contributed by atoms with Crippen molar-refractivity contribution in [3.05, 3.63) is 40.4 Å². The summed E-state index contributed by atoms with van der Waals surface area (Å²) in [5.74, 6) is 0.485. The van der Waals surface area contributed by atoms with E-state index in [1.54, 1.807) is 12.1 Å². The molecule has 0 aromatic heterocycles. The Labute approximate surface area is 92.1 Å². The first-order valence-corrected chi connectivity index (χ1v) is 4.60. The highest BCUT2D eigenvalue weighted by Gasteiger charge is 2.02. The number of benzene rings is 1. The molecule has 2 nitrogen and oxygen atoms in total. The second-order valence-electron chi connectivity index (χ2n) is 2.61. The Morgan fingerprint density at radius 3 is 2.79 bits per heavy atom. The van der Waals surface area contributed by atoms with E-state index in [1.165, 1.54) is 6.07 Å². The quantitative estimate of drug-likeness (QED) is 0.743. The van der Waals surface area contributed by atoms with Crippen LogP contribution in [-0.4, -0.2) is 12.9 Å². The van der Waals surface area contributed by atoms with Gasteiger partial charge in [0, 0.05) is 10.6 Å². The van der Waals surface area contributed by atoms with Crippen LogP contribution in [0.3, 0.4) is 0 Å². The monoisotopic (exact) mass is 230 g/mol. The van der Waals surface area contributed by atoms with Crippen molar-refractivity contribution in [1.29, 1.82) is 0 Å². The van der Waals surface area contributed by atoms with Gasteiger partial charge in [-0.2, -0.15) is 0 Å². The molecule has 14 heavy (non-hydrogen) atoms. The SMILES string of the molecule is C=C(Cl)COc1ccc(C=O)cc1Cl. The normalized spacial score (nSPS) is 9.57. The van der Waals surface area contributed by atoms with E-state index in [2.05, 4.69) is 6.58 Å². The lowest BCUT2D eigenvalue weighted by atomic mass is 10.2. The standard InChI is InChI=1S/C10H8Cl2O2/c1-7(11)6-14-10-3-2-8(5-13)4-9(10)12/h2-5H,1,6H2. The minimum absolute atomic E-state index is 0.196. The summed E-state index contributed by atoms with van der Waals surface area (Å²) in [6.45, 7) is 3.67. The number of hydrogen-bond acceptors (Lipinski definition) is 2. The second kappa shape index (κ2) is 5.03. The number of ether oxygens (including phenoxy) is 1. The molecule has 0 aliphatic heterocycles. The maximum absolute atomic E-state index is 10.4. The van der Waals surface area contributed by atoms with Crippen LogP contribution in [0.15, 0.2) is 29.8 Å². The molecule has 0 bridgehead atoms. The summed E-state index contributed by atoms with van der Waals surface area (Å²) < 4.78 is 5.22. The van der Waals surface area contributed by atoms with Crippen LogP contribution >= 0.6 is 23.2 Å². The summed E-state index contributed by atoms with van der Waals surface area (Å²) >= 11 is 11.4. The molecule has 0 saturated carbocycles. The number of carbonyl (C=O) groups excluding carboxylic acids is 1. The highest BCUT2D eigenvalue weighted by Crippen LogP contribution is 2.25. The molecule has 0 aliphatic rings. The highest BCUT2D eigenvalue weighted by molar-refractivity contribution is 6.32. The number of carbonyl (C=O) groups is 1. The van der Waals surface area contributed by atoms with E-state index < -0.39 is 0 Å². The van der Waals surface area contributed by atoms with Gasteiger partial charge in [-0.05, 0) is 18.2 Å². The van der Waals surface area contributed by atoms with E-state index in [1.807, 2.05) is 0 Å². The summed E-state index contributed by atoms with van der Waals surface area (Å²) in [7, 11) is 0. The molecule has 0 heterocycles. The lowest BCUT2D eigenvalue weighted by molar-refractivity contribution is 0.112. The zero-order valence-electron chi connectivity index (χ0n) is 7.30. The summed E-state index contributed by atoms with van der Waals surface area (Å²) in [6, 6.07) is 4.76. The van der Waals surface area contributed by atoms with Gasteiger partial charge < -0.3 is 4.74 Å². The number of rotatable bonds is 4. The molecular weight excluding hydrogens is 223 g/mol. The molecule has 1 rings (SSSR count). The summed E-state index contributed by atoms with van der Waals surface area (Å²) in [5, 5.41) is 0.771. The smallest absolute Gasteiger partial charge is 0.150 e. The van der Waals surface area contributed by atoms with Crippen molar-refractivity contribution < 1.29 is 9.53 Å². The van der Waals surface area contributed by atoms with E-state index in [0.29, 0.717) is 21.4 Å². The number of aldehydes is 1. The van der Waals surface area contributed by atoms with Crippen molar-refractivity contribution in [2.75, 3.05) is 6.61 Å². The molecule has 0 atom stereocenters. The molecule has 0 N–H and O–H groups in total. The van der Waals surface area contributed by atoms with Gasteiger partial charge in [0.2, 0.25) is 0 Å². The van der Waals surface area contributed by atoms with Gasteiger partial charge in [-0.15, -0.1) is 0 Å². The average molecular weight is 231 g/mol. The average Bonchev–Trinajstić information content (AvgIpc) is 2.15. The Kier molecular flexibility index (Phi) is 3.98. The van der Waals surface area contributed by atoms with Gasteiger partial charge in [0.25, 0.3) is 0 Å². The van der Waals surface area contributed by atoms with Gasteiger partial charge in [0.05, 0.1) is 5.02 Å². The van der Waals surface area contributed by atoms with E-state index in [9.17, 15) is 4.79 Å². The van der Waals surface area contributed by atoms with Crippen molar-refractivity contribution in [1.82, 2.24) is 0 Å². The molecule has 0 saturated heterocycles. The van der Waals surface area contributed by atoms with Crippen LogP contribution in [-0.2, 0) is 0 Å². The third kappa shape index (κ3) is 3.05. The molecule has 0 aliphatic carbocycles. The summed E-state index contributed by atoms with van der Waals surface area (Å²) in [5.41, 5.74) is 0.507. The number of hydrogen-bond donors (Lipinski definition) is 0. The summed E-state index contributed by atoms with van der Waals surface area (Å²) in [6.07, 6.45) is 0.718. The first-order chi connectivity index (χ1) is 6.63. The van der Waals surface area contributed by atoms with Crippen LogP contribution in [0.25, 0.3) is 0 Å². The van der Waals surface area contributed by atoms with Crippen LogP contribution < -0.4 is 4.74 Å². The predicted octanol–water partition coefficient (Wildman–Crippen LogP) is 3.28. The van der Waals surface area contributed by atoms with Gasteiger partial charge in [0.15, 0.2) is 0 Å². The van der Waals surface area contributed by atoms with Crippen molar-refractivity contribution in [3.8, 4) is 5.75 Å². The topological polar surface area (TPSA) is 26.3 Å². The van der Waals surface area contributed by atoms with Gasteiger partial charge in [-0.1, -0.05) is 29.8 Å². The van der Waals surface area contributed by atoms with Crippen LogP contribution in [0.4, 0.5) is 0 Å². The maximum atomic E-state index is 10.4. The number of halogens is 2. The zero-order valence-corrected chi connectivity index (χ0v) is 8.81. The fourth-order valence-electron chi connectivity index (χ4n) is 0.864. The Bertz CT molecular complexity index is 361. The third-order valence-electron chi connectivity index (χ3n) is 1.48. The Morgan fingerprint density at radius 2 is 2.29 bits per heavy atom. The molecule has 0 amide bonds. The lowest BCUT2D eigenvalue weighted by Crippen LogP contribution is -1.97. The molecule has 4 heteroatoms. The Morgan fingerprint density at radius 1 is 1.57 bits per heavy atom. The van der Waals surface area contributed by atoms with Gasteiger partial charge in [-0.3, -0.25) is 4.79 Å². The van der Waals surface area contributed by atoms with Gasteiger partial charge in [-0.25, -0.2) is 0 Å². The minimum Gasteiger partial charge on any atom is -0.486 e. The minimum atomic E-state index is 0.196. The fraction of sp³-hybridized carbons (Fsp3) is 0.100. The van der Waals surface area contributed by atoms with Crippen LogP contribution in [0.1, 0.15) is 10.4 Å². The fourth-order valence-corrected chi connectivity index (χ4v) is 1.16. The van der Waals surface area contributed by atoms with E-state index in [4.69, 9.17) is 27.9 Å². The van der Waals surface area contributed by atoms with Gasteiger partial charge in [0.1, 0.15) is 18.6 Å². The third-order valence-corrected chi connectivity index (χ3v) is 1.88. The molecule has 74 valence electrons. The molecule has 0 spiro atoms.